The number of nitrogens with one attached hydrogen (secondary N) is 4. The molecule has 0 aromatic heterocycles. The fraction of sp³-hybridized carbons (Fsp3) is 0.743. The van der Waals surface area contributed by atoms with Gasteiger partial charge < -0.3 is 82.9 Å². The summed E-state index contributed by atoms with van der Waals surface area (Å²) in [5.41, 5.74) is 50.1. The van der Waals surface area contributed by atoms with Crippen LogP contribution >= 0.6 is 0 Å². The van der Waals surface area contributed by atoms with Crippen molar-refractivity contribution in [2.45, 2.75) is 126 Å². The second-order valence-corrected chi connectivity index (χ2v) is 14.3. The minimum Gasteiger partial charge on any atom is -0.480 e. The number of unbranched alkanes of at least 4 members (excludes halogenated alkanes) is 2. The summed E-state index contributed by atoms with van der Waals surface area (Å²) in [7, 11) is 0. The van der Waals surface area contributed by atoms with Crippen molar-refractivity contribution in [3.63, 3.8) is 0 Å². The molecule has 1 heterocycles. The molecule has 0 radical (unpaired) electrons. The first kappa shape index (κ1) is 51.5. The van der Waals surface area contributed by atoms with Crippen LogP contribution in [0, 0.1) is 0 Å². The normalized spacial score (nSPS) is 16.0. The topological polar surface area (TPSA) is 445 Å². The summed E-state index contributed by atoms with van der Waals surface area (Å²) in [6.07, 6.45) is 4.23. The van der Waals surface area contributed by atoms with Crippen LogP contribution in [0.25, 0.3) is 0 Å². The molecule has 59 heavy (non-hydrogen) atoms. The highest BCUT2D eigenvalue weighted by molar-refractivity contribution is 5.96. The molecule has 1 fully saturated rings. The molecular weight excluding hydrogens is 770 g/mol. The number of hydrogen-bond donors (Lipinski definition) is 14. The van der Waals surface area contributed by atoms with Crippen molar-refractivity contribution in [3.05, 3.63) is 0 Å². The van der Waals surface area contributed by atoms with Gasteiger partial charge in [-0.1, -0.05) is 6.42 Å². The standard InChI is InChI=1S/C35H69N17O7/c36-15-3-1-9-21(38)27(53)48-23(11-5-17-45-33(39)40)29(55)49-22(10-2-4-16-37)28(54)50-24(12-6-18-46-34(41)42)30(56)51-25(13-7-19-47-35(43)44)31(57)52-20-8-14-26(52)32(58)59/h21-26H,1-20,36-38H2,(H,48,53)(H,49,55)(H,50,54)(H,51,56)(H,58,59)(H4,39,40,45)(H4,41,42,46)(H4,43,44,47)/t21-,22-,23-,24-,25-,26-/m0/s1. The number of likely N-dealkylation sites (tertiary alicyclic amines) is 1. The summed E-state index contributed by atoms with van der Waals surface area (Å²) in [6, 6.07) is -6.78. The summed E-state index contributed by atoms with van der Waals surface area (Å²) in [5.74, 6) is -5.03. The van der Waals surface area contributed by atoms with E-state index in [0.717, 1.165) is 0 Å². The Morgan fingerprint density at radius 3 is 1.34 bits per heavy atom. The predicted octanol–water partition coefficient (Wildman–Crippen LogP) is -5.25. The molecule has 0 aromatic rings. The Bertz CT molecular complexity index is 1430. The third-order valence-corrected chi connectivity index (χ3v) is 9.42. The molecule has 0 spiro atoms. The van der Waals surface area contributed by atoms with Crippen molar-refractivity contribution in [3.8, 4) is 0 Å². The van der Waals surface area contributed by atoms with E-state index < -0.39 is 71.8 Å². The Labute approximate surface area is 345 Å². The molecule has 6 atom stereocenters. The van der Waals surface area contributed by atoms with Gasteiger partial charge in [0.05, 0.1) is 6.04 Å². The van der Waals surface area contributed by atoms with E-state index in [-0.39, 0.29) is 95.4 Å². The van der Waals surface area contributed by atoms with Gasteiger partial charge in [-0.05, 0) is 96.6 Å². The molecule has 0 aliphatic carbocycles. The average molecular weight is 840 g/mol. The minimum atomic E-state index is -1.27. The van der Waals surface area contributed by atoms with Crippen LogP contribution in [-0.4, -0.2) is 139 Å². The Balaban J connectivity index is 3.41. The van der Waals surface area contributed by atoms with Crippen LogP contribution in [0.15, 0.2) is 15.0 Å². The lowest BCUT2D eigenvalue weighted by Crippen LogP contribution is -2.59. The van der Waals surface area contributed by atoms with E-state index in [1.807, 2.05) is 0 Å². The number of guanidine groups is 3. The van der Waals surface area contributed by atoms with E-state index in [9.17, 15) is 33.9 Å². The zero-order chi connectivity index (χ0) is 44.3. The van der Waals surface area contributed by atoms with Gasteiger partial charge in [0.2, 0.25) is 29.5 Å². The Morgan fingerprint density at radius 2 is 0.932 bits per heavy atom. The fourth-order valence-corrected chi connectivity index (χ4v) is 6.29. The number of hydrogen-bond acceptors (Lipinski definition) is 12. The van der Waals surface area contributed by atoms with Crippen LogP contribution in [0.2, 0.25) is 0 Å². The highest BCUT2D eigenvalue weighted by Crippen LogP contribution is 2.20. The van der Waals surface area contributed by atoms with E-state index >= 15 is 0 Å². The van der Waals surface area contributed by atoms with Gasteiger partial charge in [-0.2, -0.15) is 0 Å². The van der Waals surface area contributed by atoms with E-state index in [4.69, 9.17) is 51.6 Å². The number of nitrogens with two attached hydrogens (primary N) is 9. The summed E-state index contributed by atoms with van der Waals surface area (Å²) in [5, 5.41) is 20.5. The lowest BCUT2D eigenvalue weighted by Gasteiger charge is -2.29. The van der Waals surface area contributed by atoms with Crippen LogP contribution < -0.4 is 72.9 Å². The van der Waals surface area contributed by atoms with Gasteiger partial charge in [0.15, 0.2) is 17.9 Å². The van der Waals surface area contributed by atoms with E-state index in [0.29, 0.717) is 51.6 Å². The van der Waals surface area contributed by atoms with Crippen molar-refractivity contribution >= 4 is 53.4 Å². The molecule has 5 amide bonds. The molecule has 0 unspecified atom stereocenters. The molecular formula is C35H69N17O7. The maximum absolute atomic E-state index is 14.0. The Morgan fingerprint density at radius 1 is 0.559 bits per heavy atom. The molecule has 23 N–H and O–H groups in total. The predicted molar refractivity (Wildman–Crippen MR) is 224 cm³/mol. The molecule has 1 aliphatic heterocycles. The molecule has 1 saturated heterocycles. The molecule has 336 valence electrons. The molecule has 0 saturated carbocycles. The Kier molecular flexibility index (Phi) is 25.2. The van der Waals surface area contributed by atoms with Gasteiger partial charge in [0.1, 0.15) is 30.2 Å². The number of nitrogens with zero attached hydrogens (tertiary/aromatic N) is 4. The number of amides is 5. The zero-order valence-corrected chi connectivity index (χ0v) is 34.0. The summed E-state index contributed by atoms with van der Waals surface area (Å²) < 4.78 is 0. The van der Waals surface area contributed by atoms with Gasteiger partial charge in [0.25, 0.3) is 0 Å². The summed E-state index contributed by atoms with van der Waals surface area (Å²) >= 11 is 0. The number of aliphatic carboxylic acids is 1. The van der Waals surface area contributed by atoms with E-state index in [1.54, 1.807) is 0 Å². The number of carbonyl (C=O) groups is 6. The van der Waals surface area contributed by atoms with Crippen molar-refractivity contribution in [2.75, 3.05) is 39.3 Å². The zero-order valence-electron chi connectivity index (χ0n) is 34.0. The highest BCUT2D eigenvalue weighted by Gasteiger charge is 2.38. The second kappa shape index (κ2) is 28.8. The van der Waals surface area contributed by atoms with Gasteiger partial charge >= 0.3 is 5.97 Å². The number of rotatable bonds is 30. The smallest absolute Gasteiger partial charge is 0.326 e. The van der Waals surface area contributed by atoms with Gasteiger partial charge in [-0.25, -0.2) is 4.79 Å². The number of carbonyl (C=O) groups excluding carboxylic acids is 5. The maximum atomic E-state index is 14.0. The van der Waals surface area contributed by atoms with Gasteiger partial charge in [0, 0.05) is 26.2 Å². The number of carboxylic acid groups (broad SMARTS) is 1. The van der Waals surface area contributed by atoms with Crippen molar-refractivity contribution in [2.24, 2.45) is 66.6 Å². The van der Waals surface area contributed by atoms with Crippen molar-refractivity contribution < 1.29 is 33.9 Å². The first-order valence-corrected chi connectivity index (χ1v) is 20.1. The summed E-state index contributed by atoms with van der Waals surface area (Å²) in [6.45, 7) is 1.30. The van der Waals surface area contributed by atoms with Crippen molar-refractivity contribution in [1.82, 2.24) is 26.2 Å². The number of carboxylic acids is 1. The minimum absolute atomic E-state index is 0.000283. The molecule has 0 bridgehead atoms. The number of aliphatic imine (C=N–C) groups is 3. The van der Waals surface area contributed by atoms with E-state index in [1.165, 1.54) is 4.90 Å². The third-order valence-electron chi connectivity index (χ3n) is 9.42. The lowest BCUT2D eigenvalue weighted by molar-refractivity contribution is -0.149. The Hall–Kier alpha value is -5.49. The first-order valence-electron chi connectivity index (χ1n) is 20.1. The summed E-state index contributed by atoms with van der Waals surface area (Å²) in [4.78, 5) is 93.6. The van der Waals surface area contributed by atoms with Gasteiger partial charge in [-0.15, -0.1) is 0 Å². The van der Waals surface area contributed by atoms with E-state index in [2.05, 4.69) is 36.2 Å². The molecule has 24 heteroatoms. The van der Waals surface area contributed by atoms with Gasteiger partial charge in [-0.3, -0.25) is 38.9 Å². The van der Waals surface area contributed by atoms with Crippen molar-refractivity contribution in [1.29, 1.82) is 0 Å². The van der Waals surface area contributed by atoms with Crippen LogP contribution in [0.5, 0.6) is 0 Å². The molecule has 0 aromatic carbocycles. The molecule has 1 aliphatic rings. The lowest BCUT2D eigenvalue weighted by atomic mass is 10.0. The highest BCUT2D eigenvalue weighted by atomic mass is 16.4. The molecule has 1 rings (SSSR count). The molecule has 24 nitrogen and oxygen atoms in total. The second-order valence-electron chi connectivity index (χ2n) is 14.3. The quantitative estimate of drug-likeness (QED) is 0.0183. The van der Waals surface area contributed by atoms with Crippen LogP contribution in [-0.2, 0) is 28.8 Å². The van der Waals surface area contributed by atoms with Crippen LogP contribution in [0.3, 0.4) is 0 Å². The average Bonchev–Trinajstić information content (AvgIpc) is 3.68. The third kappa shape index (κ3) is 21.2. The van der Waals surface area contributed by atoms with Crippen LogP contribution in [0.1, 0.15) is 89.9 Å². The SMILES string of the molecule is NCCCC[C@H](NC(=O)[C@H](CCCN=C(N)N)NC(=O)[C@@H](N)CCCCN)C(=O)N[C@@H](CCCN=C(N)N)C(=O)N[C@@H](CCCN=C(N)N)C(=O)N1CCC[C@H]1C(=O)O. The van der Waals surface area contributed by atoms with Crippen LogP contribution in [0.4, 0.5) is 0 Å². The fourth-order valence-electron chi connectivity index (χ4n) is 6.29. The monoisotopic (exact) mass is 840 g/mol. The first-order chi connectivity index (χ1) is 28.0. The maximum Gasteiger partial charge on any atom is 0.326 e. The largest absolute Gasteiger partial charge is 0.480 e.